The Kier molecular flexibility index (Phi) is 6.14. The maximum Gasteiger partial charge on any atom is 0.278 e. The van der Waals surface area contributed by atoms with Crippen molar-refractivity contribution in [3.05, 3.63) is 65.9 Å². The van der Waals surface area contributed by atoms with E-state index in [1.54, 1.807) is 4.90 Å². The highest BCUT2D eigenvalue weighted by Crippen LogP contribution is 2.34. The van der Waals surface area contributed by atoms with Crippen LogP contribution in [-0.4, -0.2) is 36.9 Å². The molecule has 0 unspecified atom stereocenters. The van der Waals surface area contributed by atoms with Gasteiger partial charge in [0.2, 0.25) is 0 Å². The molecule has 0 atom stereocenters. The van der Waals surface area contributed by atoms with E-state index in [1.165, 1.54) is 4.90 Å². The number of hydrogen-bond donors (Lipinski definition) is 0. The van der Waals surface area contributed by atoms with Crippen LogP contribution in [0.5, 0.6) is 5.75 Å². The maximum absolute atomic E-state index is 13.2. The minimum atomic E-state index is -0.242. The lowest BCUT2D eigenvalue weighted by Crippen LogP contribution is -2.35. The van der Waals surface area contributed by atoms with E-state index in [1.807, 2.05) is 75.5 Å². The maximum atomic E-state index is 13.2. The molecule has 0 aromatic heterocycles. The predicted molar refractivity (Wildman–Crippen MR) is 111 cm³/mol. The summed E-state index contributed by atoms with van der Waals surface area (Å²) < 4.78 is 5.50. The summed E-state index contributed by atoms with van der Waals surface area (Å²) in [7, 11) is 1.83. The molecule has 2 aromatic rings. The molecular formula is C23H26N2O3. The van der Waals surface area contributed by atoms with Crippen molar-refractivity contribution in [1.29, 1.82) is 0 Å². The zero-order valence-corrected chi connectivity index (χ0v) is 16.6. The standard InChI is InChI=1S/C23H26N2O3/c1-4-6-16-25-22(26)20(17-12-14-19(15-13-17)28-5-2)21(23(25)27)24(3)18-10-8-7-9-11-18/h7-15H,4-6,16H2,1-3H3. The highest BCUT2D eigenvalue weighted by molar-refractivity contribution is 6.36. The van der Waals surface area contributed by atoms with Crippen LogP contribution in [-0.2, 0) is 9.59 Å². The Balaban J connectivity index is 2.06. The van der Waals surface area contributed by atoms with Crippen LogP contribution in [0.25, 0.3) is 5.57 Å². The molecular weight excluding hydrogens is 352 g/mol. The third kappa shape index (κ3) is 3.79. The number of unbranched alkanes of at least 4 members (excludes halogenated alkanes) is 1. The molecule has 2 amide bonds. The Hall–Kier alpha value is -3.08. The topological polar surface area (TPSA) is 49.9 Å². The first-order valence-corrected chi connectivity index (χ1v) is 9.71. The molecule has 0 aliphatic carbocycles. The Morgan fingerprint density at radius 2 is 1.61 bits per heavy atom. The van der Waals surface area contributed by atoms with Crippen LogP contribution < -0.4 is 9.64 Å². The minimum Gasteiger partial charge on any atom is -0.494 e. The van der Waals surface area contributed by atoms with Crippen LogP contribution in [0.15, 0.2) is 60.3 Å². The van der Waals surface area contributed by atoms with Gasteiger partial charge in [0.25, 0.3) is 11.8 Å². The van der Waals surface area contributed by atoms with E-state index in [-0.39, 0.29) is 11.8 Å². The monoisotopic (exact) mass is 378 g/mol. The smallest absolute Gasteiger partial charge is 0.278 e. The van der Waals surface area contributed by atoms with E-state index in [0.29, 0.717) is 24.4 Å². The van der Waals surface area contributed by atoms with Crippen LogP contribution >= 0.6 is 0 Å². The Morgan fingerprint density at radius 1 is 0.929 bits per heavy atom. The number of carbonyl (C=O) groups is 2. The highest BCUT2D eigenvalue weighted by Gasteiger charge is 2.40. The number of hydrogen-bond acceptors (Lipinski definition) is 4. The van der Waals surface area contributed by atoms with E-state index in [4.69, 9.17) is 4.74 Å². The van der Waals surface area contributed by atoms with Gasteiger partial charge in [-0.05, 0) is 43.2 Å². The highest BCUT2D eigenvalue weighted by atomic mass is 16.5. The second-order valence-electron chi connectivity index (χ2n) is 6.69. The number of anilines is 1. The van der Waals surface area contributed by atoms with Gasteiger partial charge in [-0.25, -0.2) is 0 Å². The molecule has 1 heterocycles. The number of ether oxygens (including phenoxy) is 1. The molecule has 28 heavy (non-hydrogen) atoms. The molecule has 5 heteroatoms. The van der Waals surface area contributed by atoms with Gasteiger partial charge in [0.05, 0.1) is 12.2 Å². The number of para-hydroxylation sites is 1. The molecule has 0 saturated heterocycles. The fourth-order valence-corrected chi connectivity index (χ4v) is 3.32. The first-order valence-electron chi connectivity index (χ1n) is 9.71. The second-order valence-corrected chi connectivity index (χ2v) is 6.69. The van der Waals surface area contributed by atoms with E-state index in [2.05, 4.69) is 0 Å². The first kappa shape index (κ1) is 19.7. The predicted octanol–water partition coefficient (Wildman–Crippen LogP) is 4.10. The number of rotatable bonds is 8. The first-order chi connectivity index (χ1) is 13.6. The summed E-state index contributed by atoms with van der Waals surface area (Å²) in [6.07, 6.45) is 1.70. The molecule has 0 radical (unpaired) electrons. The van der Waals surface area contributed by atoms with Crippen LogP contribution in [0.4, 0.5) is 5.69 Å². The fourth-order valence-electron chi connectivity index (χ4n) is 3.32. The van der Waals surface area contributed by atoms with Crippen LogP contribution in [0.1, 0.15) is 32.3 Å². The van der Waals surface area contributed by atoms with Crippen molar-refractivity contribution in [3.8, 4) is 5.75 Å². The molecule has 146 valence electrons. The molecule has 0 bridgehead atoms. The number of amides is 2. The number of likely N-dealkylation sites (N-methyl/N-ethyl adjacent to an activating group) is 1. The van der Waals surface area contributed by atoms with Gasteiger partial charge in [-0.15, -0.1) is 0 Å². The van der Waals surface area contributed by atoms with E-state index in [0.717, 1.165) is 29.8 Å². The molecule has 1 aliphatic rings. The zero-order valence-electron chi connectivity index (χ0n) is 16.6. The Bertz CT molecular complexity index is 872. The molecule has 0 spiro atoms. The number of carbonyl (C=O) groups excluding carboxylic acids is 2. The van der Waals surface area contributed by atoms with Gasteiger partial charge in [0.1, 0.15) is 11.4 Å². The zero-order chi connectivity index (χ0) is 20.1. The van der Waals surface area contributed by atoms with Crippen molar-refractivity contribution in [2.45, 2.75) is 26.7 Å². The molecule has 0 fully saturated rings. The summed E-state index contributed by atoms with van der Waals surface area (Å²) in [4.78, 5) is 29.5. The summed E-state index contributed by atoms with van der Waals surface area (Å²) in [5, 5.41) is 0. The summed E-state index contributed by atoms with van der Waals surface area (Å²) in [5.74, 6) is 0.263. The van der Waals surface area contributed by atoms with Crippen molar-refractivity contribution in [2.75, 3.05) is 25.1 Å². The molecule has 2 aromatic carbocycles. The van der Waals surface area contributed by atoms with Crippen molar-refractivity contribution in [2.24, 2.45) is 0 Å². The molecule has 0 saturated carbocycles. The molecule has 5 nitrogen and oxygen atoms in total. The number of nitrogens with zero attached hydrogens (tertiary/aromatic N) is 2. The Morgan fingerprint density at radius 3 is 2.21 bits per heavy atom. The minimum absolute atomic E-state index is 0.236. The van der Waals surface area contributed by atoms with Crippen molar-refractivity contribution in [1.82, 2.24) is 4.90 Å². The van der Waals surface area contributed by atoms with E-state index >= 15 is 0 Å². The van der Waals surface area contributed by atoms with Gasteiger partial charge < -0.3 is 9.64 Å². The van der Waals surface area contributed by atoms with Gasteiger partial charge >= 0.3 is 0 Å². The SMILES string of the molecule is CCCCN1C(=O)C(c2ccc(OCC)cc2)=C(N(C)c2ccccc2)C1=O. The fraction of sp³-hybridized carbons (Fsp3) is 0.304. The van der Waals surface area contributed by atoms with Crippen LogP contribution in [0.3, 0.4) is 0 Å². The van der Waals surface area contributed by atoms with E-state index in [9.17, 15) is 9.59 Å². The lowest BCUT2D eigenvalue weighted by atomic mass is 10.0. The summed E-state index contributed by atoms with van der Waals surface area (Å²) in [6, 6.07) is 17.0. The van der Waals surface area contributed by atoms with Gasteiger partial charge in [-0.3, -0.25) is 14.5 Å². The molecule has 0 N–H and O–H groups in total. The second kappa shape index (κ2) is 8.74. The lowest BCUT2D eigenvalue weighted by molar-refractivity contribution is -0.136. The van der Waals surface area contributed by atoms with Crippen LogP contribution in [0.2, 0.25) is 0 Å². The Labute approximate surface area is 166 Å². The van der Waals surface area contributed by atoms with Gasteiger partial charge in [0, 0.05) is 19.3 Å². The third-order valence-corrected chi connectivity index (χ3v) is 4.81. The van der Waals surface area contributed by atoms with Crippen molar-refractivity contribution < 1.29 is 14.3 Å². The summed E-state index contributed by atoms with van der Waals surface area (Å²) in [5.41, 5.74) is 2.44. The average Bonchev–Trinajstić information content (AvgIpc) is 2.97. The van der Waals surface area contributed by atoms with E-state index < -0.39 is 0 Å². The van der Waals surface area contributed by atoms with Crippen molar-refractivity contribution in [3.63, 3.8) is 0 Å². The average molecular weight is 378 g/mol. The third-order valence-electron chi connectivity index (χ3n) is 4.81. The number of benzene rings is 2. The van der Waals surface area contributed by atoms with Gasteiger partial charge in [0.15, 0.2) is 0 Å². The van der Waals surface area contributed by atoms with Crippen LogP contribution in [0, 0.1) is 0 Å². The quantitative estimate of drug-likeness (QED) is 0.649. The van der Waals surface area contributed by atoms with Gasteiger partial charge in [-0.2, -0.15) is 0 Å². The van der Waals surface area contributed by atoms with Gasteiger partial charge in [-0.1, -0.05) is 43.7 Å². The normalized spacial score (nSPS) is 14.0. The summed E-state index contributed by atoms with van der Waals surface area (Å²) >= 11 is 0. The largest absolute Gasteiger partial charge is 0.494 e. The lowest BCUT2D eigenvalue weighted by Gasteiger charge is -2.21. The van der Waals surface area contributed by atoms with Crippen molar-refractivity contribution >= 4 is 23.1 Å². The molecule has 3 rings (SSSR count). The summed E-state index contributed by atoms with van der Waals surface area (Å²) in [6.45, 7) is 4.98. The molecule has 1 aliphatic heterocycles. The number of imide groups is 1.